The summed E-state index contributed by atoms with van der Waals surface area (Å²) < 4.78 is 19.9. The Hall–Kier alpha value is -2.64. The molecule has 0 saturated carbocycles. The highest BCUT2D eigenvalue weighted by atomic mass is 16.6. The van der Waals surface area contributed by atoms with Crippen molar-refractivity contribution < 1.29 is 38.1 Å². The fourth-order valence-electron chi connectivity index (χ4n) is 1.51. The molecule has 0 spiro atoms. The Labute approximate surface area is 159 Å². The molecule has 0 radical (unpaired) electrons. The Kier molecular flexibility index (Phi) is 10.1. The summed E-state index contributed by atoms with van der Waals surface area (Å²) >= 11 is 0. The Balaban J connectivity index is 4.21. The molecule has 0 aliphatic rings. The molecule has 0 amide bonds. The Bertz CT molecular complexity index is 524. The van der Waals surface area contributed by atoms with Crippen LogP contribution in [0.5, 0.6) is 0 Å². The van der Waals surface area contributed by atoms with Crippen molar-refractivity contribution >= 4 is 23.9 Å². The van der Waals surface area contributed by atoms with Gasteiger partial charge in [0.25, 0.3) is 0 Å². The van der Waals surface area contributed by atoms with Crippen LogP contribution >= 0.6 is 0 Å². The van der Waals surface area contributed by atoms with E-state index in [1.165, 1.54) is 0 Å². The lowest BCUT2D eigenvalue weighted by molar-refractivity contribution is -0.159. The van der Waals surface area contributed by atoms with Gasteiger partial charge in [0.05, 0.1) is 26.4 Å². The first kappa shape index (κ1) is 24.4. The van der Waals surface area contributed by atoms with Gasteiger partial charge in [-0.25, -0.2) is 9.59 Å². The monoisotopic (exact) mass is 384 g/mol. The topological polar surface area (TPSA) is 105 Å². The number of ether oxygens (including phenoxy) is 4. The third-order valence-electron chi connectivity index (χ3n) is 3.08. The zero-order valence-electron chi connectivity index (χ0n) is 16.4. The summed E-state index contributed by atoms with van der Waals surface area (Å²) in [4.78, 5) is 45.6. The van der Waals surface area contributed by atoms with Gasteiger partial charge in [-0.2, -0.15) is 0 Å². The van der Waals surface area contributed by atoms with Crippen LogP contribution in [0.25, 0.3) is 0 Å². The molecule has 0 unspecified atom stereocenters. The minimum Gasteiger partial charge on any atom is -0.465 e. The van der Waals surface area contributed by atoms with Gasteiger partial charge < -0.3 is 18.9 Å². The fourth-order valence-corrected chi connectivity index (χ4v) is 1.51. The van der Waals surface area contributed by atoms with Crippen LogP contribution in [0.2, 0.25) is 0 Å². The Morgan fingerprint density at radius 3 is 1.26 bits per heavy atom. The van der Waals surface area contributed by atoms with Gasteiger partial charge in [-0.05, 0) is 0 Å². The van der Waals surface area contributed by atoms with E-state index in [2.05, 4.69) is 13.2 Å². The highest BCUT2D eigenvalue weighted by Gasteiger charge is 2.25. The van der Waals surface area contributed by atoms with Crippen LogP contribution in [0.15, 0.2) is 25.3 Å². The van der Waals surface area contributed by atoms with E-state index in [1.807, 2.05) is 0 Å². The molecule has 0 aromatic carbocycles. The Morgan fingerprint density at radius 1 is 0.667 bits per heavy atom. The predicted octanol–water partition coefficient (Wildman–Crippen LogP) is 1.97. The molecule has 0 atom stereocenters. The van der Waals surface area contributed by atoms with Crippen molar-refractivity contribution in [2.75, 3.05) is 26.4 Å². The molecule has 27 heavy (non-hydrogen) atoms. The molecule has 0 fully saturated rings. The first-order valence-corrected chi connectivity index (χ1v) is 8.30. The standard InChI is InChI=1S/C19H28O8/c1-7-14(20)24-10-18(3,4)12-26-16(22)9-17(23)27-13-19(5,6)11-25-15(21)8-2/h7-8H,1-2,9-13H2,3-6H3. The van der Waals surface area contributed by atoms with E-state index < -0.39 is 41.1 Å². The average molecular weight is 384 g/mol. The van der Waals surface area contributed by atoms with Crippen LogP contribution in [0.4, 0.5) is 0 Å². The van der Waals surface area contributed by atoms with Gasteiger partial charge in [-0.3, -0.25) is 9.59 Å². The summed E-state index contributed by atoms with van der Waals surface area (Å²) in [6, 6.07) is 0. The number of hydrogen-bond donors (Lipinski definition) is 0. The van der Waals surface area contributed by atoms with Crippen molar-refractivity contribution in [1.29, 1.82) is 0 Å². The van der Waals surface area contributed by atoms with Crippen LogP contribution in [-0.2, 0) is 38.1 Å². The van der Waals surface area contributed by atoms with Crippen LogP contribution in [0.3, 0.4) is 0 Å². The van der Waals surface area contributed by atoms with E-state index in [0.29, 0.717) is 0 Å². The van der Waals surface area contributed by atoms with Crippen molar-refractivity contribution in [3.8, 4) is 0 Å². The number of esters is 4. The summed E-state index contributed by atoms with van der Waals surface area (Å²) in [7, 11) is 0. The van der Waals surface area contributed by atoms with Gasteiger partial charge in [0.15, 0.2) is 0 Å². The zero-order chi connectivity index (χ0) is 21.1. The lowest BCUT2D eigenvalue weighted by Crippen LogP contribution is -2.30. The van der Waals surface area contributed by atoms with Crippen LogP contribution in [0.1, 0.15) is 34.1 Å². The van der Waals surface area contributed by atoms with Gasteiger partial charge in [-0.1, -0.05) is 40.9 Å². The molecule has 0 N–H and O–H groups in total. The molecule has 0 heterocycles. The smallest absolute Gasteiger partial charge is 0.330 e. The summed E-state index contributed by atoms with van der Waals surface area (Å²) in [5, 5.41) is 0. The summed E-state index contributed by atoms with van der Waals surface area (Å²) in [6.45, 7) is 13.5. The van der Waals surface area contributed by atoms with Gasteiger partial charge >= 0.3 is 23.9 Å². The lowest BCUT2D eigenvalue weighted by Gasteiger charge is -2.24. The van der Waals surface area contributed by atoms with Gasteiger partial charge in [0.2, 0.25) is 0 Å². The molecule has 0 bridgehead atoms. The number of hydrogen-bond acceptors (Lipinski definition) is 8. The fraction of sp³-hybridized carbons (Fsp3) is 0.579. The third-order valence-corrected chi connectivity index (χ3v) is 3.08. The summed E-state index contributed by atoms with van der Waals surface area (Å²) in [5.74, 6) is -2.64. The molecule has 0 rings (SSSR count). The second-order valence-electron chi connectivity index (χ2n) is 7.45. The van der Waals surface area contributed by atoms with Crippen LogP contribution in [-0.4, -0.2) is 50.3 Å². The van der Waals surface area contributed by atoms with Crippen molar-refractivity contribution in [2.45, 2.75) is 34.1 Å². The summed E-state index contributed by atoms with van der Waals surface area (Å²) in [5.41, 5.74) is -1.23. The molecule has 8 nitrogen and oxygen atoms in total. The maximum atomic E-state index is 11.7. The van der Waals surface area contributed by atoms with Gasteiger partial charge in [-0.15, -0.1) is 0 Å². The summed E-state index contributed by atoms with van der Waals surface area (Å²) in [6.07, 6.45) is 1.53. The minimum atomic E-state index is -0.751. The molecular formula is C19H28O8. The highest BCUT2D eigenvalue weighted by molar-refractivity contribution is 5.91. The molecule has 0 aromatic rings. The van der Waals surface area contributed by atoms with E-state index in [-0.39, 0.29) is 26.4 Å². The maximum Gasteiger partial charge on any atom is 0.330 e. The molecule has 8 heteroatoms. The first-order chi connectivity index (χ1) is 12.4. The van der Waals surface area contributed by atoms with Crippen molar-refractivity contribution in [3.05, 3.63) is 25.3 Å². The van der Waals surface area contributed by atoms with E-state index in [9.17, 15) is 19.2 Å². The van der Waals surface area contributed by atoms with Crippen molar-refractivity contribution in [2.24, 2.45) is 10.8 Å². The number of carbonyl (C=O) groups is 4. The Morgan fingerprint density at radius 2 is 0.963 bits per heavy atom. The lowest BCUT2D eigenvalue weighted by atomic mass is 9.96. The molecule has 0 saturated heterocycles. The molecular weight excluding hydrogens is 356 g/mol. The molecule has 0 aromatic heterocycles. The van der Waals surface area contributed by atoms with Crippen molar-refractivity contribution in [1.82, 2.24) is 0 Å². The average Bonchev–Trinajstić information content (AvgIpc) is 2.61. The van der Waals surface area contributed by atoms with E-state index in [4.69, 9.17) is 18.9 Å². The van der Waals surface area contributed by atoms with E-state index >= 15 is 0 Å². The number of carbonyl (C=O) groups excluding carboxylic acids is 4. The second-order valence-corrected chi connectivity index (χ2v) is 7.45. The zero-order valence-corrected chi connectivity index (χ0v) is 16.4. The van der Waals surface area contributed by atoms with Crippen LogP contribution < -0.4 is 0 Å². The maximum absolute atomic E-state index is 11.7. The SMILES string of the molecule is C=CC(=O)OCC(C)(C)COC(=O)CC(=O)OCC(C)(C)COC(=O)C=C. The van der Waals surface area contributed by atoms with E-state index in [1.54, 1.807) is 27.7 Å². The number of rotatable bonds is 12. The first-order valence-electron chi connectivity index (χ1n) is 8.30. The highest BCUT2D eigenvalue weighted by Crippen LogP contribution is 2.18. The third kappa shape index (κ3) is 12.4. The normalized spacial score (nSPS) is 11.1. The van der Waals surface area contributed by atoms with Crippen LogP contribution in [0, 0.1) is 10.8 Å². The minimum absolute atomic E-state index is 0.0349. The van der Waals surface area contributed by atoms with E-state index in [0.717, 1.165) is 12.2 Å². The molecule has 0 aliphatic heterocycles. The van der Waals surface area contributed by atoms with Gasteiger partial charge in [0.1, 0.15) is 6.42 Å². The quantitative estimate of drug-likeness (QED) is 0.218. The predicted molar refractivity (Wildman–Crippen MR) is 96.4 cm³/mol. The largest absolute Gasteiger partial charge is 0.465 e. The second kappa shape index (κ2) is 11.2. The van der Waals surface area contributed by atoms with Crippen molar-refractivity contribution in [3.63, 3.8) is 0 Å². The molecule has 0 aliphatic carbocycles. The molecule has 152 valence electrons. The van der Waals surface area contributed by atoms with Gasteiger partial charge in [0, 0.05) is 23.0 Å².